The number of carbonyl (C=O) groups excluding carboxylic acids is 1. The molecule has 1 aliphatic rings. The summed E-state index contributed by atoms with van der Waals surface area (Å²) in [7, 11) is 6.01. The fraction of sp³-hybridized carbons (Fsp3) is 0.533. The summed E-state index contributed by atoms with van der Waals surface area (Å²) in [5.74, 6) is 0.191. The fourth-order valence-electron chi connectivity index (χ4n) is 2.50. The second-order valence-corrected chi connectivity index (χ2v) is 5.44. The minimum absolute atomic E-state index is 0.0273. The lowest BCUT2D eigenvalue weighted by Crippen LogP contribution is -2.34. The summed E-state index contributed by atoms with van der Waals surface area (Å²) in [6, 6.07) is 8.08. The largest absolute Gasteiger partial charge is 0.384 e. The molecule has 1 atom stereocenters. The van der Waals surface area contributed by atoms with Gasteiger partial charge in [0, 0.05) is 25.8 Å². The maximum absolute atomic E-state index is 12.5. The van der Waals surface area contributed by atoms with Crippen LogP contribution in [-0.2, 0) is 4.79 Å². The quantitative estimate of drug-likeness (QED) is 0.874. The summed E-state index contributed by atoms with van der Waals surface area (Å²) in [5.41, 5.74) is 2.23. The molecular weight excluding hydrogens is 238 g/mol. The van der Waals surface area contributed by atoms with Crippen LogP contribution in [0, 0.1) is 0 Å². The third kappa shape index (κ3) is 3.26. The van der Waals surface area contributed by atoms with Gasteiger partial charge in [0.05, 0.1) is 5.92 Å². The van der Waals surface area contributed by atoms with E-state index in [0.29, 0.717) is 0 Å². The molecule has 1 unspecified atom stereocenters. The molecule has 0 bridgehead atoms. The molecule has 1 N–H and O–H groups in total. The molecule has 0 saturated heterocycles. The first-order valence-electron chi connectivity index (χ1n) is 6.82. The first-order valence-corrected chi connectivity index (χ1v) is 6.82. The number of anilines is 1. The van der Waals surface area contributed by atoms with Gasteiger partial charge in [0.2, 0.25) is 5.91 Å². The van der Waals surface area contributed by atoms with E-state index in [9.17, 15) is 4.79 Å². The van der Waals surface area contributed by atoms with Gasteiger partial charge in [0.15, 0.2) is 0 Å². The monoisotopic (exact) mass is 261 g/mol. The first kappa shape index (κ1) is 13.9. The van der Waals surface area contributed by atoms with Gasteiger partial charge < -0.3 is 15.1 Å². The van der Waals surface area contributed by atoms with Crippen molar-refractivity contribution in [1.82, 2.24) is 9.80 Å². The van der Waals surface area contributed by atoms with Crippen molar-refractivity contribution < 1.29 is 4.79 Å². The highest BCUT2D eigenvalue weighted by Crippen LogP contribution is 2.32. The highest BCUT2D eigenvalue weighted by molar-refractivity contribution is 5.88. The van der Waals surface area contributed by atoms with Crippen LogP contribution in [0.3, 0.4) is 0 Å². The van der Waals surface area contributed by atoms with E-state index in [1.807, 2.05) is 36.2 Å². The van der Waals surface area contributed by atoms with E-state index >= 15 is 0 Å². The predicted octanol–water partition coefficient (Wildman–Crippen LogP) is 1.61. The maximum atomic E-state index is 12.5. The van der Waals surface area contributed by atoms with Gasteiger partial charge in [-0.15, -0.1) is 0 Å². The van der Waals surface area contributed by atoms with Crippen molar-refractivity contribution in [2.24, 2.45) is 0 Å². The van der Waals surface area contributed by atoms with Crippen LogP contribution >= 0.6 is 0 Å². The van der Waals surface area contributed by atoms with Crippen molar-refractivity contribution >= 4 is 11.6 Å². The van der Waals surface area contributed by atoms with Gasteiger partial charge in [-0.25, -0.2) is 0 Å². The number of amides is 1. The molecule has 0 aliphatic carbocycles. The predicted molar refractivity (Wildman–Crippen MR) is 78.5 cm³/mol. The molecule has 0 aromatic heterocycles. The topological polar surface area (TPSA) is 35.6 Å². The van der Waals surface area contributed by atoms with Crippen LogP contribution in [0.4, 0.5) is 5.69 Å². The van der Waals surface area contributed by atoms with Gasteiger partial charge in [-0.2, -0.15) is 0 Å². The van der Waals surface area contributed by atoms with Crippen LogP contribution in [-0.4, -0.2) is 56.5 Å². The van der Waals surface area contributed by atoms with Crippen molar-refractivity contribution in [2.75, 3.05) is 46.1 Å². The summed E-state index contributed by atoms with van der Waals surface area (Å²) < 4.78 is 0. The number of carbonyl (C=O) groups is 1. The third-order valence-electron chi connectivity index (χ3n) is 3.61. The maximum Gasteiger partial charge on any atom is 0.231 e. The Labute approximate surface area is 115 Å². The number of benzene rings is 1. The molecule has 0 saturated carbocycles. The Morgan fingerprint density at radius 2 is 2.00 bits per heavy atom. The summed E-state index contributed by atoms with van der Waals surface area (Å²) in [6.45, 7) is 2.54. The number of hydrogen-bond acceptors (Lipinski definition) is 3. The van der Waals surface area contributed by atoms with Crippen LogP contribution < -0.4 is 5.32 Å². The van der Waals surface area contributed by atoms with E-state index in [-0.39, 0.29) is 11.8 Å². The average Bonchev–Trinajstić information content (AvgIpc) is 2.81. The molecule has 19 heavy (non-hydrogen) atoms. The molecule has 1 aliphatic heterocycles. The van der Waals surface area contributed by atoms with E-state index < -0.39 is 0 Å². The Morgan fingerprint density at radius 3 is 2.74 bits per heavy atom. The van der Waals surface area contributed by atoms with Crippen molar-refractivity contribution in [3.8, 4) is 0 Å². The molecule has 1 aromatic carbocycles. The number of fused-ring (bicyclic) bond motifs is 1. The van der Waals surface area contributed by atoms with Crippen molar-refractivity contribution in [2.45, 2.75) is 12.3 Å². The van der Waals surface area contributed by atoms with Gasteiger partial charge in [-0.05, 0) is 38.7 Å². The second-order valence-electron chi connectivity index (χ2n) is 5.44. The minimum atomic E-state index is -0.0273. The Morgan fingerprint density at radius 1 is 1.26 bits per heavy atom. The normalized spacial score (nSPS) is 17.2. The Balaban J connectivity index is 1.94. The number of rotatable bonds is 5. The highest BCUT2D eigenvalue weighted by atomic mass is 16.2. The van der Waals surface area contributed by atoms with Gasteiger partial charge in [0.1, 0.15) is 0 Å². The lowest BCUT2D eigenvalue weighted by molar-refractivity contribution is -0.131. The van der Waals surface area contributed by atoms with Crippen LogP contribution in [0.1, 0.15) is 17.9 Å². The number of nitrogens with one attached hydrogen (secondary N) is 1. The van der Waals surface area contributed by atoms with E-state index in [0.717, 1.165) is 37.3 Å². The molecule has 1 heterocycles. The van der Waals surface area contributed by atoms with Crippen LogP contribution in [0.25, 0.3) is 0 Å². The van der Waals surface area contributed by atoms with Crippen LogP contribution in [0.15, 0.2) is 24.3 Å². The van der Waals surface area contributed by atoms with Gasteiger partial charge >= 0.3 is 0 Å². The fourth-order valence-corrected chi connectivity index (χ4v) is 2.50. The number of likely N-dealkylation sites (N-methyl/N-ethyl adjacent to an activating group) is 1. The molecule has 4 heteroatoms. The zero-order valence-electron chi connectivity index (χ0n) is 12.0. The van der Waals surface area contributed by atoms with Crippen molar-refractivity contribution in [3.05, 3.63) is 29.8 Å². The highest BCUT2D eigenvalue weighted by Gasteiger charge is 2.29. The number of para-hydroxylation sites is 1. The van der Waals surface area contributed by atoms with Crippen LogP contribution in [0.2, 0.25) is 0 Å². The van der Waals surface area contributed by atoms with E-state index in [4.69, 9.17) is 0 Å². The molecule has 1 amide bonds. The zero-order chi connectivity index (χ0) is 13.8. The van der Waals surface area contributed by atoms with E-state index in [2.05, 4.69) is 24.3 Å². The molecule has 104 valence electrons. The Bertz CT molecular complexity index is 445. The summed E-state index contributed by atoms with van der Waals surface area (Å²) in [4.78, 5) is 16.5. The van der Waals surface area contributed by atoms with Crippen molar-refractivity contribution in [3.63, 3.8) is 0 Å². The summed E-state index contributed by atoms with van der Waals surface area (Å²) in [6.07, 6.45) is 1.01. The van der Waals surface area contributed by atoms with Crippen molar-refractivity contribution in [1.29, 1.82) is 0 Å². The zero-order valence-corrected chi connectivity index (χ0v) is 12.0. The van der Waals surface area contributed by atoms with Gasteiger partial charge in [0.25, 0.3) is 0 Å². The third-order valence-corrected chi connectivity index (χ3v) is 3.61. The number of nitrogens with zero attached hydrogens (tertiary/aromatic N) is 2. The molecule has 0 spiro atoms. The molecule has 4 nitrogen and oxygen atoms in total. The summed E-state index contributed by atoms with van der Waals surface area (Å²) >= 11 is 0. The smallest absolute Gasteiger partial charge is 0.231 e. The van der Waals surface area contributed by atoms with E-state index in [1.54, 1.807) is 0 Å². The average molecular weight is 261 g/mol. The standard InChI is InChI=1S/C15H23N3O/c1-17(2)9-6-10-18(3)15(19)13-11-16-14-8-5-4-7-12(13)14/h4-5,7-8,13,16H,6,9-11H2,1-3H3. The minimum Gasteiger partial charge on any atom is -0.384 e. The lowest BCUT2D eigenvalue weighted by atomic mass is 10.00. The number of hydrogen-bond donors (Lipinski definition) is 1. The second kappa shape index (κ2) is 6.06. The molecular formula is C15H23N3O. The molecule has 1 aromatic rings. The SMILES string of the molecule is CN(C)CCCN(C)C(=O)C1CNc2ccccc21. The van der Waals surface area contributed by atoms with Crippen LogP contribution in [0.5, 0.6) is 0 Å². The van der Waals surface area contributed by atoms with Gasteiger partial charge in [-0.3, -0.25) is 4.79 Å². The van der Waals surface area contributed by atoms with E-state index in [1.165, 1.54) is 0 Å². The summed E-state index contributed by atoms with van der Waals surface area (Å²) in [5, 5.41) is 3.30. The molecule has 2 rings (SSSR count). The Hall–Kier alpha value is -1.55. The Kier molecular flexibility index (Phi) is 4.43. The van der Waals surface area contributed by atoms with Gasteiger partial charge in [-0.1, -0.05) is 18.2 Å². The molecule has 0 radical (unpaired) electrons. The lowest BCUT2D eigenvalue weighted by Gasteiger charge is -2.22. The first-order chi connectivity index (χ1) is 9.09. The molecule has 0 fully saturated rings.